The lowest BCUT2D eigenvalue weighted by molar-refractivity contribution is -0.0312. The Morgan fingerprint density at radius 1 is 1.03 bits per heavy atom. The minimum Gasteiger partial charge on any atom is -0.390 e. The molecule has 2 saturated heterocycles. The summed E-state index contributed by atoms with van der Waals surface area (Å²) in [5.41, 5.74) is 0.635. The summed E-state index contributed by atoms with van der Waals surface area (Å²) in [7, 11) is 0. The van der Waals surface area contributed by atoms with Crippen molar-refractivity contribution in [3.8, 4) is 0 Å². The van der Waals surface area contributed by atoms with Crippen molar-refractivity contribution in [3.05, 3.63) is 92.3 Å². The van der Waals surface area contributed by atoms with Crippen molar-refractivity contribution in [2.75, 3.05) is 32.7 Å². The first kappa shape index (κ1) is 29.0. The summed E-state index contributed by atoms with van der Waals surface area (Å²) < 4.78 is 13.8. The van der Waals surface area contributed by atoms with Crippen LogP contribution < -0.4 is 0 Å². The normalized spacial score (nSPS) is 19.2. The molecular formula is C30H35Cl2FN2O2S. The van der Waals surface area contributed by atoms with Crippen molar-refractivity contribution < 1.29 is 14.3 Å². The monoisotopic (exact) mass is 576 g/mol. The molecule has 4 nitrogen and oxygen atoms in total. The lowest BCUT2D eigenvalue weighted by Gasteiger charge is -2.39. The summed E-state index contributed by atoms with van der Waals surface area (Å²) in [5.74, 6) is 0.269. The Morgan fingerprint density at radius 2 is 1.76 bits per heavy atom. The highest BCUT2D eigenvalue weighted by Gasteiger charge is 2.34. The number of benzene rings is 2. The predicted octanol–water partition coefficient (Wildman–Crippen LogP) is 7.19. The van der Waals surface area contributed by atoms with E-state index in [0.717, 1.165) is 64.0 Å². The van der Waals surface area contributed by atoms with Gasteiger partial charge in [-0.25, -0.2) is 4.39 Å². The lowest BCUT2D eigenvalue weighted by Crippen LogP contribution is -2.46. The third-order valence-electron chi connectivity index (χ3n) is 7.51. The molecule has 0 bridgehead atoms. The molecule has 8 heteroatoms. The average Bonchev–Trinajstić information content (AvgIpc) is 3.64. The van der Waals surface area contributed by atoms with Crippen LogP contribution in [-0.2, 0) is 6.42 Å². The van der Waals surface area contributed by atoms with Gasteiger partial charge in [-0.1, -0.05) is 53.5 Å². The van der Waals surface area contributed by atoms with E-state index in [2.05, 4.69) is 4.90 Å². The molecule has 1 atom stereocenters. The number of rotatable bonds is 7. The summed E-state index contributed by atoms with van der Waals surface area (Å²) in [6.45, 7) is 4.14. The van der Waals surface area contributed by atoms with Crippen molar-refractivity contribution in [3.63, 3.8) is 0 Å². The number of hydrogen-bond acceptors (Lipinski definition) is 4. The van der Waals surface area contributed by atoms with E-state index in [1.807, 2.05) is 39.9 Å². The van der Waals surface area contributed by atoms with Gasteiger partial charge < -0.3 is 14.9 Å². The average molecular weight is 578 g/mol. The molecule has 38 heavy (non-hydrogen) atoms. The highest BCUT2D eigenvalue weighted by molar-refractivity contribution is 7.07. The molecule has 1 unspecified atom stereocenters. The van der Waals surface area contributed by atoms with Gasteiger partial charge >= 0.3 is 0 Å². The number of amides is 1. The summed E-state index contributed by atoms with van der Waals surface area (Å²) >= 11 is 13.7. The summed E-state index contributed by atoms with van der Waals surface area (Å²) in [4.78, 5) is 17.1. The molecule has 2 fully saturated rings. The van der Waals surface area contributed by atoms with Crippen LogP contribution in [0.4, 0.5) is 4.39 Å². The number of nitrogens with zero attached hydrogens (tertiary/aromatic N) is 2. The Hall–Kier alpha value is -1.96. The lowest BCUT2D eigenvalue weighted by atomic mass is 9.85. The molecule has 1 amide bonds. The quantitative estimate of drug-likeness (QED) is 0.323. The van der Waals surface area contributed by atoms with E-state index in [9.17, 15) is 14.3 Å². The van der Waals surface area contributed by atoms with Gasteiger partial charge in [-0.15, -0.1) is 0 Å². The molecule has 3 aromatic rings. The Morgan fingerprint density at radius 3 is 2.42 bits per heavy atom. The molecule has 1 N–H and O–H groups in total. The highest BCUT2D eigenvalue weighted by Crippen LogP contribution is 2.30. The zero-order valence-corrected chi connectivity index (χ0v) is 23.8. The van der Waals surface area contributed by atoms with Gasteiger partial charge in [-0.3, -0.25) is 4.79 Å². The zero-order valence-electron chi connectivity index (χ0n) is 21.5. The molecule has 3 heterocycles. The number of piperidine rings is 1. The molecule has 0 aliphatic carbocycles. The molecule has 0 radical (unpaired) electrons. The fourth-order valence-corrected chi connectivity index (χ4v) is 6.03. The van der Waals surface area contributed by atoms with Gasteiger partial charge in [-0.2, -0.15) is 11.3 Å². The van der Waals surface area contributed by atoms with Crippen LogP contribution in [-0.4, -0.2) is 59.1 Å². The van der Waals surface area contributed by atoms with Crippen LogP contribution in [0.3, 0.4) is 0 Å². The Kier molecular flexibility index (Phi) is 10.6. The number of halogens is 3. The molecule has 2 aliphatic heterocycles. The highest BCUT2D eigenvalue weighted by atomic mass is 35.5. The van der Waals surface area contributed by atoms with Crippen LogP contribution in [0.25, 0.3) is 0 Å². The second kappa shape index (κ2) is 13.9. The minimum absolute atomic E-state index is 0.000983. The first-order valence-corrected chi connectivity index (χ1v) is 14.9. The maximum absolute atomic E-state index is 13.8. The number of aliphatic hydroxyl groups is 1. The summed E-state index contributed by atoms with van der Waals surface area (Å²) in [6.07, 6.45) is 4.60. The zero-order chi connectivity index (χ0) is 27.0. The van der Waals surface area contributed by atoms with Crippen LogP contribution >= 0.6 is 34.5 Å². The van der Waals surface area contributed by atoms with Gasteiger partial charge in [0.15, 0.2) is 0 Å². The molecular weight excluding hydrogens is 542 g/mol. The number of carbonyl (C=O) groups is 1. The summed E-state index contributed by atoms with van der Waals surface area (Å²) in [5, 5.41) is 15.9. The topological polar surface area (TPSA) is 43.8 Å². The van der Waals surface area contributed by atoms with E-state index in [-0.39, 0.29) is 11.7 Å². The number of likely N-dealkylation sites (tertiary alicyclic amines) is 2. The standard InChI is InChI=1S/C26H31Cl2FN2O2.C4H4S/c27-22-8-7-21(16-23(22)28)25(32)31-13-9-19(18-31)17-30-14-11-26(33,12-15-30)10-3-5-20-4-1-2-6-24(20)29;1-2-4-5-3-1/h1-2,4,6-8,16,19,33H,3,5,9-15,17-18H2;1-4H. The molecule has 0 saturated carbocycles. The van der Waals surface area contributed by atoms with E-state index < -0.39 is 5.60 Å². The predicted molar refractivity (Wildman–Crippen MR) is 155 cm³/mol. The van der Waals surface area contributed by atoms with Gasteiger partial charge in [0.2, 0.25) is 0 Å². The molecule has 2 aliphatic rings. The Labute approximate surface area is 239 Å². The second-order valence-electron chi connectivity index (χ2n) is 10.3. The molecule has 2 aromatic carbocycles. The maximum Gasteiger partial charge on any atom is 0.253 e. The first-order valence-electron chi connectivity index (χ1n) is 13.2. The molecule has 204 valence electrons. The third kappa shape index (κ3) is 8.27. The number of hydrogen-bond donors (Lipinski definition) is 1. The van der Waals surface area contributed by atoms with E-state index in [1.165, 1.54) is 6.07 Å². The van der Waals surface area contributed by atoms with E-state index in [0.29, 0.717) is 34.4 Å². The van der Waals surface area contributed by atoms with Crippen LogP contribution in [0.5, 0.6) is 0 Å². The minimum atomic E-state index is -0.659. The maximum atomic E-state index is 13.8. The van der Waals surface area contributed by atoms with Gasteiger partial charge in [0, 0.05) is 38.3 Å². The fraction of sp³-hybridized carbons (Fsp3) is 0.433. The number of aryl methyl sites for hydroxylation is 1. The Balaban J connectivity index is 0.000000603. The smallest absolute Gasteiger partial charge is 0.253 e. The van der Waals surface area contributed by atoms with Crippen molar-refractivity contribution in [2.45, 2.75) is 44.1 Å². The van der Waals surface area contributed by atoms with Gasteiger partial charge in [0.05, 0.1) is 15.6 Å². The van der Waals surface area contributed by atoms with Crippen molar-refractivity contribution in [1.29, 1.82) is 0 Å². The van der Waals surface area contributed by atoms with Crippen molar-refractivity contribution in [2.24, 2.45) is 5.92 Å². The second-order valence-corrected chi connectivity index (χ2v) is 11.9. The molecule has 0 spiro atoms. The van der Waals surface area contributed by atoms with Crippen LogP contribution in [0, 0.1) is 11.7 Å². The van der Waals surface area contributed by atoms with Gasteiger partial charge in [0.1, 0.15) is 5.82 Å². The van der Waals surface area contributed by atoms with Crippen molar-refractivity contribution >= 4 is 40.4 Å². The molecule has 1 aromatic heterocycles. The number of carbonyl (C=O) groups excluding carboxylic acids is 1. The van der Waals surface area contributed by atoms with E-state index in [4.69, 9.17) is 23.2 Å². The third-order valence-corrected chi connectivity index (χ3v) is 8.88. The molecule has 5 rings (SSSR count). The summed E-state index contributed by atoms with van der Waals surface area (Å²) in [6, 6.07) is 15.9. The first-order chi connectivity index (χ1) is 18.3. The number of thiophene rings is 1. The SMILES string of the molecule is O=C(c1ccc(Cl)c(Cl)c1)N1CCC(CN2CCC(O)(CCCc3ccccc3F)CC2)C1.c1ccsc1. The fourth-order valence-electron chi connectivity index (χ4n) is 5.28. The van der Waals surface area contributed by atoms with Gasteiger partial charge in [0.25, 0.3) is 5.91 Å². The van der Waals surface area contributed by atoms with Gasteiger partial charge in [-0.05, 0) is 85.0 Å². The largest absolute Gasteiger partial charge is 0.390 e. The van der Waals surface area contributed by atoms with Crippen molar-refractivity contribution in [1.82, 2.24) is 9.80 Å². The van der Waals surface area contributed by atoms with E-state index in [1.54, 1.807) is 35.6 Å². The Bertz CT molecular complexity index is 1150. The van der Waals surface area contributed by atoms with Crippen LogP contribution in [0.1, 0.15) is 48.0 Å². The van der Waals surface area contributed by atoms with E-state index >= 15 is 0 Å². The van der Waals surface area contributed by atoms with Crippen LogP contribution in [0.2, 0.25) is 10.0 Å². The van der Waals surface area contributed by atoms with Crippen LogP contribution in [0.15, 0.2) is 65.4 Å².